The van der Waals surface area contributed by atoms with Crippen LogP contribution in [0.1, 0.15) is 24.2 Å². The average Bonchev–Trinajstić information content (AvgIpc) is 2.59. The first-order valence-corrected chi connectivity index (χ1v) is 10.2. The topological polar surface area (TPSA) is 70.6 Å². The van der Waals surface area contributed by atoms with Crippen LogP contribution in [0.5, 0.6) is 0 Å². The van der Waals surface area contributed by atoms with E-state index in [1.165, 1.54) is 12.1 Å². The minimum Gasteiger partial charge on any atom is -0.390 e. The molecular weight excluding hydrogens is 553 g/mol. The fourth-order valence-corrected chi connectivity index (χ4v) is 3.26. The number of aliphatic hydroxyl groups is 1. The molecule has 1 unspecified atom stereocenters. The number of hydrogen-bond acceptors (Lipinski definition) is 4. The maximum atomic E-state index is 14.0. The monoisotopic (exact) mass is 570 g/mol. The third-order valence-corrected chi connectivity index (χ3v) is 5.29. The molecule has 3 N–H and O–H groups in total. The molecule has 2 aromatic carbocycles. The van der Waals surface area contributed by atoms with E-state index >= 15 is 0 Å². The van der Waals surface area contributed by atoms with Crippen LogP contribution in [0, 0.1) is 15.3 Å². The van der Waals surface area contributed by atoms with Gasteiger partial charge in [-0.3, -0.25) is 9.63 Å². The van der Waals surface area contributed by atoms with E-state index in [4.69, 9.17) is 16.4 Å². The molecule has 0 heterocycles. The van der Waals surface area contributed by atoms with E-state index in [2.05, 4.69) is 49.3 Å². The lowest BCUT2D eigenvalue weighted by atomic mass is 10.1. The summed E-state index contributed by atoms with van der Waals surface area (Å²) in [5, 5.41) is 13.1. The third-order valence-electron chi connectivity index (χ3n) is 3.69. The highest BCUT2D eigenvalue weighted by Crippen LogP contribution is 2.31. The number of amides is 1. The molecule has 0 fully saturated rings. The molecule has 5 nitrogen and oxygen atoms in total. The number of carbonyl (C=O) groups excluding carboxylic acids is 1. The van der Waals surface area contributed by atoms with Crippen molar-refractivity contribution in [3.63, 3.8) is 0 Å². The van der Waals surface area contributed by atoms with E-state index < -0.39 is 17.8 Å². The van der Waals surface area contributed by atoms with Gasteiger partial charge in [0, 0.05) is 3.57 Å². The van der Waals surface area contributed by atoms with E-state index in [9.17, 15) is 14.3 Å². The van der Waals surface area contributed by atoms with Crippen molar-refractivity contribution in [3.8, 4) is 0 Å². The van der Waals surface area contributed by atoms with Crippen LogP contribution in [-0.2, 0) is 4.84 Å². The number of benzene rings is 2. The zero-order valence-electron chi connectivity index (χ0n) is 14.5. The van der Waals surface area contributed by atoms with Crippen molar-refractivity contribution < 1.29 is 19.1 Å². The molecule has 0 saturated carbocycles. The summed E-state index contributed by atoms with van der Waals surface area (Å²) in [7, 11) is 0. The van der Waals surface area contributed by atoms with Crippen LogP contribution in [0.4, 0.5) is 15.8 Å². The molecule has 0 aliphatic rings. The number of nitrogens with one attached hydrogen (secondary N) is 2. The Hall–Kier alpha value is -0.940. The van der Waals surface area contributed by atoms with Crippen LogP contribution < -0.4 is 10.8 Å². The summed E-state index contributed by atoms with van der Waals surface area (Å²) in [6.45, 7) is 3.61. The first kappa shape index (κ1) is 22.4. The second-order valence-corrected chi connectivity index (χ2v) is 8.62. The smallest absolute Gasteiger partial charge is 0.276 e. The van der Waals surface area contributed by atoms with Crippen molar-refractivity contribution >= 4 is 67.4 Å². The minimum atomic E-state index is -0.714. The van der Waals surface area contributed by atoms with E-state index in [0.717, 1.165) is 3.57 Å². The van der Waals surface area contributed by atoms with Gasteiger partial charge in [0.05, 0.1) is 32.5 Å². The molecule has 0 spiro atoms. The predicted molar refractivity (Wildman–Crippen MR) is 116 cm³/mol. The summed E-state index contributed by atoms with van der Waals surface area (Å²) in [6, 6.07) is 7.85. The molecule has 0 bridgehead atoms. The van der Waals surface area contributed by atoms with Crippen LogP contribution in [-0.4, -0.2) is 23.7 Å². The van der Waals surface area contributed by atoms with Crippen LogP contribution in [0.25, 0.3) is 0 Å². The van der Waals surface area contributed by atoms with Crippen molar-refractivity contribution in [2.45, 2.75) is 20.0 Å². The summed E-state index contributed by atoms with van der Waals surface area (Å²) in [5.41, 5.74) is 3.17. The first-order valence-electron chi connectivity index (χ1n) is 8.00. The zero-order chi connectivity index (χ0) is 20.1. The maximum Gasteiger partial charge on any atom is 0.276 e. The maximum absolute atomic E-state index is 14.0. The van der Waals surface area contributed by atoms with Gasteiger partial charge in [-0.1, -0.05) is 25.4 Å². The summed E-state index contributed by atoms with van der Waals surface area (Å²) in [5.74, 6) is -1.13. The van der Waals surface area contributed by atoms with Crippen LogP contribution >= 0.6 is 50.1 Å². The minimum absolute atomic E-state index is 0.0119. The van der Waals surface area contributed by atoms with Crippen molar-refractivity contribution in [3.05, 3.63) is 54.8 Å². The van der Waals surface area contributed by atoms with Gasteiger partial charge < -0.3 is 10.4 Å². The summed E-state index contributed by atoms with van der Waals surface area (Å²) in [6.07, 6.45) is -0.714. The van der Waals surface area contributed by atoms with Crippen LogP contribution in [0.3, 0.4) is 0 Å². The Morgan fingerprint density at radius 2 is 2.04 bits per heavy atom. The lowest BCUT2D eigenvalue weighted by Crippen LogP contribution is -2.31. The summed E-state index contributed by atoms with van der Waals surface area (Å²) >= 11 is 11.4. The Labute approximate surface area is 183 Å². The Balaban J connectivity index is 2.22. The molecular formula is C18H18BrClFIN2O3. The predicted octanol–water partition coefficient (Wildman–Crippen LogP) is 5.27. The second kappa shape index (κ2) is 10.0. The molecule has 0 aromatic heterocycles. The Morgan fingerprint density at radius 1 is 1.33 bits per heavy atom. The lowest BCUT2D eigenvalue weighted by molar-refractivity contribution is -0.0268. The molecule has 0 radical (unpaired) electrons. The lowest BCUT2D eigenvalue weighted by Gasteiger charge is -2.16. The van der Waals surface area contributed by atoms with E-state index in [1.807, 2.05) is 19.9 Å². The molecule has 1 atom stereocenters. The van der Waals surface area contributed by atoms with Crippen LogP contribution in [0.15, 0.2) is 34.8 Å². The zero-order valence-corrected chi connectivity index (χ0v) is 19.0. The van der Waals surface area contributed by atoms with E-state index in [0.29, 0.717) is 10.7 Å². The molecule has 0 saturated heterocycles. The highest BCUT2D eigenvalue weighted by molar-refractivity contribution is 14.1. The molecule has 27 heavy (non-hydrogen) atoms. The molecule has 0 aliphatic carbocycles. The van der Waals surface area contributed by atoms with Gasteiger partial charge in [-0.15, -0.1) is 0 Å². The van der Waals surface area contributed by atoms with Gasteiger partial charge in [-0.05, 0) is 74.8 Å². The Morgan fingerprint density at radius 3 is 2.67 bits per heavy atom. The fraction of sp³-hybridized carbons (Fsp3) is 0.278. The van der Waals surface area contributed by atoms with Gasteiger partial charge >= 0.3 is 0 Å². The molecule has 146 valence electrons. The molecule has 1 amide bonds. The number of anilines is 2. The SMILES string of the molecule is CC(C)C(O)CONC(=O)c1cc(Br)c(F)cc1Nc1ccc(I)cc1Cl. The van der Waals surface area contributed by atoms with Crippen molar-refractivity contribution in [2.24, 2.45) is 5.92 Å². The highest BCUT2D eigenvalue weighted by atomic mass is 127. The normalized spacial score (nSPS) is 12.1. The average molecular weight is 572 g/mol. The summed E-state index contributed by atoms with van der Waals surface area (Å²) < 4.78 is 15.1. The molecule has 9 heteroatoms. The molecule has 2 rings (SSSR count). The van der Waals surface area contributed by atoms with Gasteiger partial charge in [0.15, 0.2) is 0 Å². The number of halogens is 4. The van der Waals surface area contributed by atoms with Crippen molar-refractivity contribution in [1.29, 1.82) is 0 Å². The number of hydrogen-bond donors (Lipinski definition) is 3. The number of carbonyl (C=O) groups is 1. The number of rotatable bonds is 7. The number of hydroxylamine groups is 1. The summed E-state index contributed by atoms with van der Waals surface area (Å²) in [4.78, 5) is 17.5. The van der Waals surface area contributed by atoms with Crippen LogP contribution in [0.2, 0.25) is 5.02 Å². The fourth-order valence-electron chi connectivity index (χ4n) is 2.01. The van der Waals surface area contributed by atoms with Gasteiger partial charge in [-0.25, -0.2) is 9.87 Å². The van der Waals surface area contributed by atoms with Gasteiger partial charge in [0.1, 0.15) is 12.4 Å². The highest BCUT2D eigenvalue weighted by Gasteiger charge is 2.17. The van der Waals surface area contributed by atoms with E-state index in [-0.39, 0.29) is 28.2 Å². The third kappa shape index (κ3) is 6.28. The van der Waals surface area contributed by atoms with Crippen molar-refractivity contribution in [1.82, 2.24) is 5.48 Å². The largest absolute Gasteiger partial charge is 0.390 e. The molecule has 2 aromatic rings. The van der Waals surface area contributed by atoms with Gasteiger partial charge in [0.25, 0.3) is 5.91 Å². The Kier molecular flexibility index (Phi) is 8.29. The molecule has 0 aliphatic heterocycles. The van der Waals surface area contributed by atoms with E-state index in [1.54, 1.807) is 12.1 Å². The van der Waals surface area contributed by atoms with Gasteiger partial charge in [0.2, 0.25) is 0 Å². The van der Waals surface area contributed by atoms with Crippen molar-refractivity contribution in [2.75, 3.05) is 11.9 Å². The standard InChI is InChI=1S/C18H18BrClFIN2O3/c1-9(2)17(25)8-27-24-18(26)11-6-12(19)14(21)7-16(11)23-15-4-3-10(22)5-13(15)20/h3-7,9,17,23,25H,8H2,1-2H3,(H,24,26). The van der Waals surface area contributed by atoms with Gasteiger partial charge in [-0.2, -0.15) is 0 Å². The number of aliphatic hydroxyl groups excluding tert-OH is 1. The quantitative estimate of drug-likeness (QED) is 0.313. The first-order chi connectivity index (χ1) is 12.7. The Bertz CT molecular complexity index is 838. The second-order valence-electron chi connectivity index (χ2n) is 6.11.